The highest BCUT2D eigenvalue weighted by atomic mass is 16.5. The molecule has 0 saturated heterocycles. The molecule has 1 N–H and O–H groups in total. The zero-order chi connectivity index (χ0) is 12.2. The first-order valence-electron chi connectivity index (χ1n) is 5.38. The van der Waals surface area contributed by atoms with Gasteiger partial charge in [0.05, 0.1) is 5.60 Å². The summed E-state index contributed by atoms with van der Waals surface area (Å²) in [6, 6.07) is 1.98. The van der Waals surface area contributed by atoms with Crippen molar-refractivity contribution in [3.63, 3.8) is 0 Å². The van der Waals surface area contributed by atoms with E-state index in [1.165, 1.54) is 0 Å². The predicted molar refractivity (Wildman–Crippen MR) is 63.0 cm³/mol. The van der Waals surface area contributed by atoms with Gasteiger partial charge >= 0.3 is 0 Å². The van der Waals surface area contributed by atoms with Crippen LogP contribution < -0.4 is 5.32 Å². The third-order valence-electron chi connectivity index (χ3n) is 2.02. The molecule has 1 rings (SSSR count). The molecule has 0 saturated carbocycles. The number of hydrogen-bond acceptors (Lipinski definition) is 2. The number of carbonyl (C=O) groups is 1. The topological polar surface area (TPSA) is 43.3 Å². The molecule has 0 bridgehead atoms. The first-order chi connectivity index (χ1) is 7.37. The highest BCUT2D eigenvalue weighted by Crippen LogP contribution is 2.05. The fourth-order valence-corrected chi connectivity index (χ4v) is 1.20. The average molecular weight is 224 g/mol. The highest BCUT2D eigenvalue weighted by molar-refractivity contribution is 5.77. The van der Waals surface area contributed by atoms with Crippen LogP contribution in [0.1, 0.15) is 26.3 Å². The Hall–Kier alpha value is -1.29. The van der Waals surface area contributed by atoms with Gasteiger partial charge in [-0.05, 0) is 32.4 Å². The van der Waals surface area contributed by atoms with Gasteiger partial charge in [0.25, 0.3) is 0 Å². The van der Waals surface area contributed by atoms with Gasteiger partial charge in [-0.1, -0.05) is 0 Å². The van der Waals surface area contributed by atoms with Crippen LogP contribution in [0.2, 0.25) is 0 Å². The average Bonchev–Trinajstić information content (AvgIpc) is 2.57. The molecule has 0 radical (unpaired) electrons. The molecule has 0 unspecified atom stereocenters. The second-order valence-corrected chi connectivity index (χ2v) is 4.86. The molecule has 4 nitrogen and oxygen atoms in total. The molecule has 0 atom stereocenters. The Kier molecular flexibility index (Phi) is 4.12. The third kappa shape index (κ3) is 4.98. The quantitative estimate of drug-likeness (QED) is 0.841. The van der Waals surface area contributed by atoms with Crippen LogP contribution in [0.25, 0.3) is 0 Å². The Morgan fingerprint density at radius 1 is 1.50 bits per heavy atom. The number of nitrogens with one attached hydrogen (secondary N) is 1. The Labute approximate surface area is 96.6 Å². The van der Waals surface area contributed by atoms with Crippen molar-refractivity contribution < 1.29 is 9.53 Å². The molecule has 0 aromatic carbocycles. The molecule has 0 fully saturated rings. The van der Waals surface area contributed by atoms with E-state index in [2.05, 4.69) is 5.32 Å². The predicted octanol–water partition coefficient (Wildman–Crippen LogP) is 1.46. The molecule has 1 amide bonds. The van der Waals surface area contributed by atoms with Crippen LogP contribution in [0.5, 0.6) is 0 Å². The number of aryl methyl sites for hydroxylation is 1. The van der Waals surface area contributed by atoms with Crippen molar-refractivity contribution in [2.24, 2.45) is 7.05 Å². The molecular formula is C12H20N2O2. The Balaban J connectivity index is 2.25. The molecule has 16 heavy (non-hydrogen) atoms. The van der Waals surface area contributed by atoms with Gasteiger partial charge in [-0.3, -0.25) is 4.79 Å². The van der Waals surface area contributed by atoms with Crippen LogP contribution in [-0.2, 0) is 23.1 Å². The van der Waals surface area contributed by atoms with E-state index in [9.17, 15) is 4.79 Å². The standard InChI is InChI=1S/C12H20N2O2/c1-12(2,3)16-9-11(15)13-7-10-5-6-14(4)8-10/h5-6,8H,7,9H2,1-4H3,(H,13,15). The van der Waals surface area contributed by atoms with Crippen molar-refractivity contribution in [1.29, 1.82) is 0 Å². The summed E-state index contributed by atoms with van der Waals surface area (Å²) in [5, 5.41) is 2.81. The number of carbonyl (C=O) groups excluding carboxylic acids is 1. The summed E-state index contributed by atoms with van der Waals surface area (Å²) in [7, 11) is 1.95. The minimum absolute atomic E-state index is 0.0845. The first-order valence-corrected chi connectivity index (χ1v) is 5.38. The Bertz CT molecular complexity index is 350. The van der Waals surface area contributed by atoms with E-state index in [4.69, 9.17) is 4.74 Å². The zero-order valence-corrected chi connectivity index (χ0v) is 10.4. The second kappa shape index (κ2) is 5.16. The van der Waals surface area contributed by atoms with Gasteiger partial charge in [-0.2, -0.15) is 0 Å². The summed E-state index contributed by atoms with van der Waals surface area (Å²) in [4.78, 5) is 11.4. The maximum Gasteiger partial charge on any atom is 0.246 e. The number of aromatic nitrogens is 1. The van der Waals surface area contributed by atoms with Gasteiger partial charge < -0.3 is 14.6 Å². The summed E-state index contributed by atoms with van der Waals surface area (Å²) < 4.78 is 7.32. The van der Waals surface area contributed by atoms with Gasteiger partial charge in [-0.15, -0.1) is 0 Å². The smallest absolute Gasteiger partial charge is 0.246 e. The molecule has 1 aromatic rings. The van der Waals surface area contributed by atoms with Crippen molar-refractivity contribution in [2.45, 2.75) is 32.9 Å². The molecular weight excluding hydrogens is 204 g/mol. The molecule has 0 spiro atoms. The van der Waals surface area contributed by atoms with Crippen LogP contribution in [0, 0.1) is 0 Å². The van der Waals surface area contributed by atoms with E-state index in [1.807, 2.05) is 50.8 Å². The lowest BCUT2D eigenvalue weighted by atomic mass is 10.2. The summed E-state index contributed by atoms with van der Waals surface area (Å²) in [5.41, 5.74) is 0.816. The molecule has 0 aliphatic heterocycles. The number of rotatable bonds is 4. The number of nitrogens with zero attached hydrogens (tertiary/aromatic N) is 1. The third-order valence-corrected chi connectivity index (χ3v) is 2.02. The molecule has 4 heteroatoms. The fraction of sp³-hybridized carbons (Fsp3) is 0.583. The summed E-state index contributed by atoms with van der Waals surface area (Å²) >= 11 is 0. The lowest BCUT2D eigenvalue weighted by Gasteiger charge is -2.18. The minimum Gasteiger partial charge on any atom is -0.366 e. The molecule has 0 aliphatic rings. The largest absolute Gasteiger partial charge is 0.366 e. The maximum atomic E-state index is 11.4. The van der Waals surface area contributed by atoms with Crippen molar-refractivity contribution in [3.8, 4) is 0 Å². The number of amides is 1. The summed E-state index contributed by atoms with van der Waals surface area (Å²) in [6.45, 7) is 6.44. The van der Waals surface area contributed by atoms with Crippen LogP contribution >= 0.6 is 0 Å². The van der Waals surface area contributed by atoms with E-state index in [-0.39, 0.29) is 18.1 Å². The minimum atomic E-state index is -0.274. The Morgan fingerprint density at radius 2 is 2.19 bits per heavy atom. The molecule has 0 aliphatic carbocycles. The second-order valence-electron chi connectivity index (χ2n) is 4.86. The van der Waals surface area contributed by atoms with E-state index >= 15 is 0 Å². The van der Waals surface area contributed by atoms with Gasteiger partial charge in [0.1, 0.15) is 6.61 Å². The number of ether oxygens (including phenoxy) is 1. The summed E-state index contributed by atoms with van der Waals surface area (Å²) in [5.74, 6) is -0.0845. The van der Waals surface area contributed by atoms with E-state index < -0.39 is 0 Å². The zero-order valence-electron chi connectivity index (χ0n) is 10.4. The SMILES string of the molecule is Cn1ccc(CNC(=O)COC(C)(C)C)c1. The normalized spacial score (nSPS) is 11.5. The van der Waals surface area contributed by atoms with Crippen molar-refractivity contribution in [1.82, 2.24) is 9.88 Å². The lowest BCUT2D eigenvalue weighted by Crippen LogP contribution is -2.31. The monoisotopic (exact) mass is 224 g/mol. The first kappa shape index (κ1) is 12.8. The van der Waals surface area contributed by atoms with Gasteiger partial charge in [-0.25, -0.2) is 0 Å². The maximum absolute atomic E-state index is 11.4. The van der Waals surface area contributed by atoms with Gasteiger partial charge in [0.2, 0.25) is 5.91 Å². The number of hydrogen-bond donors (Lipinski definition) is 1. The van der Waals surface area contributed by atoms with Crippen LogP contribution in [0.15, 0.2) is 18.5 Å². The summed E-state index contributed by atoms with van der Waals surface area (Å²) in [6.07, 6.45) is 3.93. The van der Waals surface area contributed by atoms with Crippen molar-refractivity contribution in [3.05, 3.63) is 24.0 Å². The molecule has 1 heterocycles. The lowest BCUT2D eigenvalue weighted by molar-refractivity contribution is -0.130. The van der Waals surface area contributed by atoms with Crippen molar-refractivity contribution >= 4 is 5.91 Å². The van der Waals surface area contributed by atoms with Gasteiger partial charge in [0.15, 0.2) is 0 Å². The molecule has 1 aromatic heterocycles. The molecule has 90 valence electrons. The highest BCUT2D eigenvalue weighted by Gasteiger charge is 2.12. The van der Waals surface area contributed by atoms with E-state index in [0.29, 0.717) is 6.54 Å². The Morgan fingerprint density at radius 3 is 2.69 bits per heavy atom. The van der Waals surface area contributed by atoms with E-state index in [1.54, 1.807) is 0 Å². The van der Waals surface area contributed by atoms with Crippen LogP contribution in [-0.4, -0.2) is 22.7 Å². The van der Waals surface area contributed by atoms with E-state index in [0.717, 1.165) is 5.56 Å². The fourth-order valence-electron chi connectivity index (χ4n) is 1.20. The van der Waals surface area contributed by atoms with Crippen LogP contribution in [0.3, 0.4) is 0 Å². The van der Waals surface area contributed by atoms with Crippen molar-refractivity contribution in [2.75, 3.05) is 6.61 Å². The van der Waals surface area contributed by atoms with Gasteiger partial charge in [0, 0.05) is 26.0 Å². The van der Waals surface area contributed by atoms with Crippen LogP contribution in [0.4, 0.5) is 0 Å².